The molecule has 0 aliphatic heterocycles. The van der Waals surface area contributed by atoms with E-state index < -0.39 is 12.1 Å². The molecule has 0 radical (unpaired) electrons. The van der Waals surface area contributed by atoms with E-state index in [-0.39, 0.29) is 17.9 Å². The van der Waals surface area contributed by atoms with E-state index in [9.17, 15) is 13.2 Å². The Kier molecular flexibility index (Phi) is 4.82. The fraction of sp³-hybridized carbons (Fsp3) is 0.333. The summed E-state index contributed by atoms with van der Waals surface area (Å²) in [6, 6.07) is 1.78. The topological polar surface area (TPSA) is 45.9 Å². The van der Waals surface area contributed by atoms with Gasteiger partial charge in [-0.15, -0.1) is 24.8 Å². The van der Waals surface area contributed by atoms with E-state index in [1.807, 2.05) is 0 Å². The Bertz CT molecular complexity index is 459. The average molecular weight is 377 g/mol. The van der Waals surface area contributed by atoms with Gasteiger partial charge >= 0.3 is 6.36 Å². The minimum absolute atomic E-state index is 0.0585. The Labute approximate surface area is 114 Å². The van der Waals surface area contributed by atoms with Crippen LogP contribution in [-0.4, -0.2) is 11.3 Å². The van der Waals surface area contributed by atoms with E-state index in [0.29, 0.717) is 9.26 Å². The third-order valence-electron chi connectivity index (χ3n) is 1.76. The molecule has 0 atom stereocenters. The molecule has 1 rings (SSSR count). The summed E-state index contributed by atoms with van der Waals surface area (Å²) in [7, 11) is 0. The van der Waals surface area contributed by atoms with E-state index in [4.69, 9.17) is 16.9 Å². The van der Waals surface area contributed by atoms with Gasteiger partial charge < -0.3 is 4.74 Å². The molecule has 0 aliphatic carbocycles. The molecule has 0 N–H and O–H groups in total. The molecule has 0 saturated carbocycles. The lowest BCUT2D eigenvalue weighted by molar-refractivity contribution is -0.275. The van der Waals surface area contributed by atoms with Crippen molar-refractivity contribution in [1.29, 1.82) is 5.26 Å². The summed E-state index contributed by atoms with van der Waals surface area (Å²) in [6.45, 7) is 0. The number of alkyl halides is 4. The minimum Gasteiger partial charge on any atom is -0.404 e. The molecule has 0 bridgehead atoms. The third-order valence-corrected chi connectivity index (χ3v) is 3.29. The van der Waals surface area contributed by atoms with Crippen molar-refractivity contribution in [3.8, 4) is 11.8 Å². The van der Waals surface area contributed by atoms with Gasteiger partial charge in [0.2, 0.25) is 0 Å². The van der Waals surface area contributed by atoms with Crippen LogP contribution in [0.15, 0.2) is 6.20 Å². The maximum absolute atomic E-state index is 12.1. The molecule has 17 heavy (non-hydrogen) atoms. The summed E-state index contributed by atoms with van der Waals surface area (Å²) < 4.78 is 40.6. The number of nitriles is 1. The highest BCUT2D eigenvalue weighted by Crippen LogP contribution is 2.30. The number of aromatic nitrogens is 1. The van der Waals surface area contributed by atoms with Gasteiger partial charge in [0.05, 0.1) is 30.3 Å². The molecule has 3 nitrogen and oxygen atoms in total. The van der Waals surface area contributed by atoms with Gasteiger partial charge in [0.1, 0.15) is 0 Å². The molecule has 0 aromatic carbocycles. The molecular formula is C9H5ClF3IN2O. The van der Waals surface area contributed by atoms with Crippen LogP contribution in [-0.2, 0) is 12.3 Å². The zero-order valence-electron chi connectivity index (χ0n) is 8.18. The quantitative estimate of drug-likeness (QED) is 0.600. The fourth-order valence-electron chi connectivity index (χ4n) is 1.10. The van der Waals surface area contributed by atoms with Crippen LogP contribution in [0.25, 0.3) is 0 Å². The van der Waals surface area contributed by atoms with Gasteiger partial charge in [-0.05, 0) is 22.6 Å². The Hall–Kier alpha value is -0.750. The van der Waals surface area contributed by atoms with Gasteiger partial charge in [0.15, 0.2) is 5.75 Å². The van der Waals surface area contributed by atoms with Crippen LogP contribution >= 0.6 is 34.2 Å². The summed E-state index contributed by atoms with van der Waals surface area (Å²) in [6.07, 6.45) is -4.08. The number of pyridine rings is 1. The molecule has 0 fully saturated rings. The molecule has 0 spiro atoms. The molecule has 92 valence electrons. The molecule has 0 aliphatic rings. The zero-order valence-corrected chi connectivity index (χ0v) is 11.1. The van der Waals surface area contributed by atoms with Crippen molar-refractivity contribution >= 4 is 34.2 Å². The summed E-state index contributed by atoms with van der Waals surface area (Å²) >= 11 is 7.37. The van der Waals surface area contributed by atoms with Gasteiger partial charge in [-0.25, -0.2) is 0 Å². The third kappa shape index (κ3) is 3.89. The molecular weight excluding hydrogens is 371 g/mol. The smallest absolute Gasteiger partial charge is 0.404 e. The molecule has 8 heteroatoms. The van der Waals surface area contributed by atoms with Gasteiger partial charge in [-0.3, -0.25) is 4.98 Å². The maximum atomic E-state index is 12.1. The van der Waals surface area contributed by atoms with Crippen molar-refractivity contribution in [3.63, 3.8) is 0 Å². The number of nitrogens with zero attached hydrogens (tertiary/aromatic N) is 2. The second-order valence-corrected chi connectivity index (χ2v) is 4.22. The normalized spacial score (nSPS) is 11.1. The molecule has 1 heterocycles. The molecule has 0 saturated heterocycles. The Balaban J connectivity index is 3.22. The highest BCUT2D eigenvalue weighted by Gasteiger charge is 2.33. The lowest BCUT2D eigenvalue weighted by atomic mass is 10.1. The van der Waals surface area contributed by atoms with Crippen molar-refractivity contribution < 1.29 is 17.9 Å². The number of hydrogen-bond acceptors (Lipinski definition) is 3. The summed E-state index contributed by atoms with van der Waals surface area (Å²) in [5, 5.41) is 8.59. The lowest BCUT2D eigenvalue weighted by Gasteiger charge is -2.14. The SMILES string of the molecule is N#CCc1c(OC(F)(F)F)cnc(CCl)c1I. The summed E-state index contributed by atoms with van der Waals surface area (Å²) in [4.78, 5) is 3.75. The second kappa shape index (κ2) is 5.73. The van der Waals surface area contributed by atoms with Crippen LogP contribution in [0.5, 0.6) is 5.75 Å². The molecule has 1 aromatic heterocycles. The first-order chi connectivity index (χ1) is 7.89. The van der Waals surface area contributed by atoms with Gasteiger partial charge in [-0.1, -0.05) is 0 Å². The highest BCUT2D eigenvalue weighted by molar-refractivity contribution is 14.1. The standard InChI is InChI=1S/C9H5ClF3IN2O/c10-3-6-8(14)5(1-2-15)7(4-16-6)17-9(11,12)13/h4H,1,3H2. The van der Waals surface area contributed by atoms with Crippen LogP contribution in [0, 0.1) is 14.9 Å². The van der Waals surface area contributed by atoms with Crippen LogP contribution in [0.4, 0.5) is 13.2 Å². The van der Waals surface area contributed by atoms with Crippen molar-refractivity contribution in [2.45, 2.75) is 18.7 Å². The van der Waals surface area contributed by atoms with Crippen LogP contribution in [0.2, 0.25) is 0 Å². The number of rotatable bonds is 3. The first-order valence-corrected chi connectivity index (χ1v) is 5.85. The number of halogens is 5. The van der Waals surface area contributed by atoms with E-state index in [1.165, 1.54) is 0 Å². The van der Waals surface area contributed by atoms with E-state index in [0.717, 1.165) is 6.20 Å². The molecule has 0 amide bonds. The number of ether oxygens (including phenoxy) is 1. The average Bonchev–Trinajstić information content (AvgIpc) is 2.22. The van der Waals surface area contributed by atoms with Gasteiger partial charge in [-0.2, -0.15) is 5.26 Å². The number of hydrogen-bond donors (Lipinski definition) is 0. The van der Waals surface area contributed by atoms with Gasteiger partial charge in [0.25, 0.3) is 0 Å². The van der Waals surface area contributed by atoms with Crippen molar-refractivity contribution in [2.75, 3.05) is 0 Å². The first-order valence-electron chi connectivity index (χ1n) is 4.24. The van der Waals surface area contributed by atoms with E-state index >= 15 is 0 Å². The largest absolute Gasteiger partial charge is 0.573 e. The van der Waals surface area contributed by atoms with Crippen LogP contribution < -0.4 is 4.74 Å². The predicted molar refractivity (Wildman–Crippen MR) is 62.5 cm³/mol. The van der Waals surface area contributed by atoms with Gasteiger partial charge in [0, 0.05) is 9.13 Å². The Morgan fingerprint density at radius 1 is 1.53 bits per heavy atom. The Morgan fingerprint density at radius 2 is 2.18 bits per heavy atom. The first kappa shape index (κ1) is 14.3. The monoisotopic (exact) mass is 376 g/mol. The van der Waals surface area contributed by atoms with Crippen molar-refractivity contribution in [2.24, 2.45) is 0 Å². The van der Waals surface area contributed by atoms with E-state index in [2.05, 4.69) is 9.72 Å². The Morgan fingerprint density at radius 3 is 2.65 bits per heavy atom. The van der Waals surface area contributed by atoms with E-state index in [1.54, 1.807) is 28.7 Å². The minimum atomic E-state index is -4.81. The molecule has 1 aromatic rings. The zero-order chi connectivity index (χ0) is 13.1. The maximum Gasteiger partial charge on any atom is 0.573 e. The van der Waals surface area contributed by atoms with Crippen LogP contribution in [0.1, 0.15) is 11.3 Å². The summed E-state index contributed by atoms with van der Waals surface area (Å²) in [5.74, 6) is -0.402. The van der Waals surface area contributed by atoms with Crippen molar-refractivity contribution in [3.05, 3.63) is 21.0 Å². The van der Waals surface area contributed by atoms with Crippen molar-refractivity contribution in [1.82, 2.24) is 4.98 Å². The van der Waals surface area contributed by atoms with Crippen LogP contribution in [0.3, 0.4) is 0 Å². The molecule has 0 unspecified atom stereocenters. The second-order valence-electron chi connectivity index (χ2n) is 2.88. The highest BCUT2D eigenvalue weighted by atomic mass is 127. The fourth-order valence-corrected chi connectivity index (χ4v) is 2.32. The lowest BCUT2D eigenvalue weighted by Crippen LogP contribution is -2.19. The predicted octanol–water partition coefficient (Wildman–Crippen LogP) is 3.39. The summed E-state index contributed by atoms with van der Waals surface area (Å²) in [5.41, 5.74) is 0.572.